The molecule has 0 bridgehead atoms. The van der Waals surface area contributed by atoms with Gasteiger partial charge in [0.25, 0.3) is 0 Å². The molecule has 0 spiro atoms. The smallest absolute Gasteiger partial charge is 0.305 e. The van der Waals surface area contributed by atoms with Crippen LogP contribution in [0.3, 0.4) is 0 Å². The van der Waals surface area contributed by atoms with Crippen molar-refractivity contribution in [3.05, 3.63) is 0 Å². The summed E-state index contributed by atoms with van der Waals surface area (Å²) in [6, 6.07) is 0. The van der Waals surface area contributed by atoms with Gasteiger partial charge in [0, 0.05) is 12.8 Å². The highest BCUT2D eigenvalue weighted by Gasteiger charge is 2.05. The fraction of sp³-hybridized carbons (Fsp3) is 0.964. The van der Waals surface area contributed by atoms with Gasteiger partial charge < -0.3 is 9.47 Å². The minimum atomic E-state index is 0.0173. The standard InChI is InChI=1S/C56H110O4/c1-3-5-7-9-11-13-15-17-19-25-29-33-37-41-45-49-53-59-55(57)51-47-43-39-35-31-27-23-21-22-24-28-32-36-40-44-48-52-56(58)60-54-50-46-42-38-34-30-26-20-18-16-14-12-10-8-6-4-2/h3-54H2,1-2H3. The van der Waals surface area contributed by atoms with E-state index < -0.39 is 0 Å². The lowest BCUT2D eigenvalue weighted by molar-refractivity contribution is -0.144. The predicted molar refractivity (Wildman–Crippen MR) is 264 cm³/mol. The lowest BCUT2D eigenvalue weighted by Gasteiger charge is -2.06. The summed E-state index contributed by atoms with van der Waals surface area (Å²) in [5.74, 6) is 0.0347. The second-order valence-electron chi connectivity index (χ2n) is 19.2. The second-order valence-corrected chi connectivity index (χ2v) is 19.2. The average molecular weight is 847 g/mol. The van der Waals surface area contributed by atoms with Crippen molar-refractivity contribution in [2.45, 2.75) is 335 Å². The number of carbonyl (C=O) groups excluding carboxylic acids is 2. The quantitative estimate of drug-likeness (QED) is 0.0452. The van der Waals surface area contributed by atoms with Crippen molar-refractivity contribution in [2.75, 3.05) is 13.2 Å². The Morgan fingerprint density at radius 2 is 0.367 bits per heavy atom. The van der Waals surface area contributed by atoms with Crippen LogP contribution in [-0.4, -0.2) is 25.2 Å². The fourth-order valence-electron chi connectivity index (χ4n) is 8.83. The maximum atomic E-state index is 12.1. The van der Waals surface area contributed by atoms with Crippen LogP contribution in [0.15, 0.2) is 0 Å². The third-order valence-corrected chi connectivity index (χ3v) is 13.0. The molecule has 0 aliphatic heterocycles. The van der Waals surface area contributed by atoms with Gasteiger partial charge in [-0.2, -0.15) is 0 Å². The van der Waals surface area contributed by atoms with Gasteiger partial charge in [-0.1, -0.05) is 296 Å². The summed E-state index contributed by atoms with van der Waals surface area (Å²) in [5, 5.41) is 0. The summed E-state index contributed by atoms with van der Waals surface area (Å²) in [5.41, 5.74) is 0. The highest BCUT2D eigenvalue weighted by Crippen LogP contribution is 2.17. The van der Waals surface area contributed by atoms with Gasteiger partial charge in [-0.25, -0.2) is 0 Å². The molecule has 4 heteroatoms. The zero-order chi connectivity index (χ0) is 43.3. The summed E-state index contributed by atoms with van der Waals surface area (Å²) in [4.78, 5) is 24.1. The number of unbranched alkanes of at least 4 members (excludes halogenated alkanes) is 45. The molecule has 0 amide bonds. The van der Waals surface area contributed by atoms with Gasteiger partial charge in [0.05, 0.1) is 13.2 Å². The van der Waals surface area contributed by atoms with E-state index in [-0.39, 0.29) is 11.9 Å². The van der Waals surface area contributed by atoms with Gasteiger partial charge in [-0.15, -0.1) is 0 Å². The molecule has 0 saturated carbocycles. The average Bonchev–Trinajstić information content (AvgIpc) is 3.25. The molecule has 0 aliphatic carbocycles. The third kappa shape index (κ3) is 53.1. The van der Waals surface area contributed by atoms with Crippen LogP contribution in [0.4, 0.5) is 0 Å². The van der Waals surface area contributed by atoms with Gasteiger partial charge in [0.2, 0.25) is 0 Å². The van der Waals surface area contributed by atoms with Crippen LogP contribution in [0.5, 0.6) is 0 Å². The molecule has 0 atom stereocenters. The van der Waals surface area contributed by atoms with E-state index in [1.165, 1.54) is 270 Å². The van der Waals surface area contributed by atoms with Gasteiger partial charge in [0.15, 0.2) is 0 Å². The summed E-state index contributed by atoms with van der Waals surface area (Å²) >= 11 is 0. The molecule has 0 saturated heterocycles. The lowest BCUT2D eigenvalue weighted by atomic mass is 10.0. The Morgan fingerprint density at radius 1 is 0.217 bits per heavy atom. The molecule has 0 aromatic rings. The van der Waals surface area contributed by atoms with E-state index in [1.807, 2.05) is 0 Å². The molecule has 0 heterocycles. The van der Waals surface area contributed by atoms with Crippen LogP contribution in [0.2, 0.25) is 0 Å². The van der Waals surface area contributed by atoms with Crippen molar-refractivity contribution >= 4 is 11.9 Å². The number of hydrogen-bond acceptors (Lipinski definition) is 4. The molecule has 0 aromatic heterocycles. The van der Waals surface area contributed by atoms with Crippen LogP contribution in [-0.2, 0) is 19.1 Å². The van der Waals surface area contributed by atoms with E-state index >= 15 is 0 Å². The first-order valence-corrected chi connectivity index (χ1v) is 28.0. The van der Waals surface area contributed by atoms with Crippen molar-refractivity contribution in [1.82, 2.24) is 0 Å². The SMILES string of the molecule is CCCCCCCCCCCCCCCCCCOC(=O)CCCCCCCCCCCCCCCCCCC(=O)OCCCCCCCCCCCCCCCCCC. The number of ether oxygens (including phenoxy) is 2. The maximum absolute atomic E-state index is 12.1. The van der Waals surface area contributed by atoms with Crippen molar-refractivity contribution in [2.24, 2.45) is 0 Å². The molecule has 0 unspecified atom stereocenters. The van der Waals surface area contributed by atoms with E-state index in [2.05, 4.69) is 13.8 Å². The zero-order valence-corrected chi connectivity index (χ0v) is 41.4. The summed E-state index contributed by atoms with van der Waals surface area (Å²) in [6.07, 6.45) is 65.4. The Hall–Kier alpha value is -1.06. The van der Waals surface area contributed by atoms with E-state index in [9.17, 15) is 9.59 Å². The Balaban J connectivity index is 3.20. The first-order valence-electron chi connectivity index (χ1n) is 28.0. The van der Waals surface area contributed by atoms with E-state index in [1.54, 1.807) is 0 Å². The van der Waals surface area contributed by atoms with Crippen molar-refractivity contribution in [1.29, 1.82) is 0 Å². The minimum Gasteiger partial charge on any atom is -0.466 e. The molecule has 0 N–H and O–H groups in total. The number of carbonyl (C=O) groups is 2. The van der Waals surface area contributed by atoms with Gasteiger partial charge in [-0.3, -0.25) is 9.59 Å². The molecule has 0 fully saturated rings. The monoisotopic (exact) mass is 847 g/mol. The summed E-state index contributed by atoms with van der Waals surface area (Å²) in [7, 11) is 0. The molecule has 4 nitrogen and oxygen atoms in total. The fourth-order valence-corrected chi connectivity index (χ4v) is 8.83. The Labute approximate surface area is 377 Å². The van der Waals surface area contributed by atoms with Crippen LogP contribution < -0.4 is 0 Å². The number of esters is 2. The van der Waals surface area contributed by atoms with Gasteiger partial charge in [0.1, 0.15) is 0 Å². The van der Waals surface area contributed by atoms with E-state index in [0.29, 0.717) is 26.1 Å². The molecule has 0 rings (SSSR count). The van der Waals surface area contributed by atoms with Crippen LogP contribution in [0.1, 0.15) is 335 Å². The van der Waals surface area contributed by atoms with Crippen molar-refractivity contribution < 1.29 is 19.1 Å². The molecule has 0 aliphatic rings. The van der Waals surface area contributed by atoms with Gasteiger partial charge in [-0.05, 0) is 25.7 Å². The predicted octanol–water partition coefficient (Wildman–Crippen LogP) is 19.6. The molecular weight excluding hydrogens is 737 g/mol. The van der Waals surface area contributed by atoms with Crippen LogP contribution in [0.25, 0.3) is 0 Å². The molecular formula is C56H110O4. The maximum Gasteiger partial charge on any atom is 0.305 e. The highest BCUT2D eigenvalue weighted by molar-refractivity contribution is 5.69. The minimum absolute atomic E-state index is 0.0173. The lowest BCUT2D eigenvalue weighted by Crippen LogP contribution is -2.05. The van der Waals surface area contributed by atoms with Gasteiger partial charge >= 0.3 is 11.9 Å². The first kappa shape index (κ1) is 58.9. The number of hydrogen-bond donors (Lipinski definition) is 0. The van der Waals surface area contributed by atoms with Crippen LogP contribution >= 0.6 is 0 Å². The van der Waals surface area contributed by atoms with Crippen molar-refractivity contribution in [3.8, 4) is 0 Å². The summed E-state index contributed by atoms with van der Waals surface area (Å²) in [6.45, 7) is 5.83. The second kappa shape index (κ2) is 54.1. The van der Waals surface area contributed by atoms with E-state index in [4.69, 9.17) is 9.47 Å². The summed E-state index contributed by atoms with van der Waals surface area (Å²) < 4.78 is 11.0. The molecule has 0 radical (unpaired) electrons. The zero-order valence-electron chi connectivity index (χ0n) is 41.4. The number of rotatable bonds is 53. The molecule has 358 valence electrons. The Morgan fingerprint density at radius 3 is 0.550 bits per heavy atom. The Bertz CT molecular complexity index is 745. The molecule has 0 aromatic carbocycles. The van der Waals surface area contributed by atoms with E-state index in [0.717, 1.165) is 38.5 Å². The topological polar surface area (TPSA) is 52.6 Å². The van der Waals surface area contributed by atoms with Crippen molar-refractivity contribution in [3.63, 3.8) is 0 Å². The largest absolute Gasteiger partial charge is 0.466 e. The van der Waals surface area contributed by atoms with Crippen LogP contribution in [0, 0.1) is 0 Å². The first-order chi connectivity index (χ1) is 29.7. The highest BCUT2D eigenvalue weighted by atomic mass is 16.5. The molecule has 60 heavy (non-hydrogen) atoms. The third-order valence-electron chi connectivity index (χ3n) is 13.0. The normalized spacial score (nSPS) is 11.4. The Kier molecular flexibility index (Phi) is 53.1.